The number of halogens is 1. The van der Waals surface area contributed by atoms with Gasteiger partial charge in [-0.15, -0.1) is 0 Å². The molecule has 4 rings (SSSR count). The number of anilines is 2. The largest absolute Gasteiger partial charge is 0.326 e. The molecule has 0 bridgehead atoms. The zero-order chi connectivity index (χ0) is 18.9. The molecule has 2 N–H and O–H groups in total. The van der Waals surface area contributed by atoms with Gasteiger partial charge in [0.15, 0.2) is 0 Å². The second kappa shape index (κ2) is 7.14. The summed E-state index contributed by atoms with van der Waals surface area (Å²) in [4.78, 5) is 24.9. The van der Waals surface area contributed by atoms with Gasteiger partial charge in [-0.3, -0.25) is 9.59 Å². The molecule has 0 heterocycles. The van der Waals surface area contributed by atoms with Gasteiger partial charge in [0.2, 0.25) is 11.8 Å². The number of hydrogen-bond acceptors (Lipinski definition) is 2. The summed E-state index contributed by atoms with van der Waals surface area (Å²) in [6, 6.07) is 13.5. The van der Waals surface area contributed by atoms with Crippen LogP contribution >= 0.6 is 0 Å². The summed E-state index contributed by atoms with van der Waals surface area (Å²) in [6.45, 7) is 0. The minimum Gasteiger partial charge on any atom is -0.326 e. The Morgan fingerprint density at radius 2 is 1.41 bits per heavy atom. The summed E-state index contributed by atoms with van der Waals surface area (Å²) in [7, 11) is 0. The van der Waals surface area contributed by atoms with Gasteiger partial charge in [-0.2, -0.15) is 0 Å². The highest BCUT2D eigenvalue weighted by Gasteiger charge is 2.42. The SMILES string of the molecule is O=C(Nc1ccc(NC(=O)C2(c3ccc(F)cc3)CCCC2)cc1)C1CC1. The van der Waals surface area contributed by atoms with Gasteiger partial charge in [0.25, 0.3) is 0 Å². The molecule has 0 radical (unpaired) electrons. The molecule has 2 aromatic rings. The van der Waals surface area contributed by atoms with E-state index in [1.165, 1.54) is 12.1 Å². The number of carbonyl (C=O) groups excluding carboxylic acids is 2. The van der Waals surface area contributed by atoms with Gasteiger partial charge in [0.1, 0.15) is 5.82 Å². The summed E-state index contributed by atoms with van der Waals surface area (Å²) in [5.41, 5.74) is 1.69. The molecular weight excluding hydrogens is 343 g/mol. The maximum Gasteiger partial charge on any atom is 0.235 e. The van der Waals surface area contributed by atoms with Crippen molar-refractivity contribution in [2.24, 2.45) is 5.92 Å². The van der Waals surface area contributed by atoms with E-state index in [1.54, 1.807) is 36.4 Å². The first kappa shape index (κ1) is 17.7. The first-order valence-corrected chi connectivity index (χ1v) is 9.55. The molecule has 0 atom stereocenters. The Morgan fingerprint density at radius 1 is 0.852 bits per heavy atom. The Bertz CT molecular complexity index is 836. The van der Waals surface area contributed by atoms with Crippen molar-refractivity contribution in [3.8, 4) is 0 Å². The zero-order valence-corrected chi connectivity index (χ0v) is 15.1. The maximum atomic E-state index is 13.3. The van der Waals surface area contributed by atoms with E-state index >= 15 is 0 Å². The van der Waals surface area contributed by atoms with E-state index in [4.69, 9.17) is 0 Å². The lowest BCUT2D eigenvalue weighted by atomic mass is 9.78. The van der Waals surface area contributed by atoms with Crippen LogP contribution in [0, 0.1) is 11.7 Å². The topological polar surface area (TPSA) is 58.2 Å². The lowest BCUT2D eigenvalue weighted by Gasteiger charge is -2.28. The van der Waals surface area contributed by atoms with Crippen molar-refractivity contribution < 1.29 is 14.0 Å². The molecule has 2 saturated carbocycles. The van der Waals surface area contributed by atoms with Gasteiger partial charge < -0.3 is 10.6 Å². The zero-order valence-electron chi connectivity index (χ0n) is 15.1. The van der Waals surface area contributed by atoms with Crippen LogP contribution < -0.4 is 10.6 Å². The number of amides is 2. The summed E-state index contributed by atoms with van der Waals surface area (Å²) in [5.74, 6) is -0.132. The predicted molar refractivity (Wildman–Crippen MR) is 103 cm³/mol. The maximum absolute atomic E-state index is 13.3. The standard InChI is InChI=1S/C22H23FN2O2/c23-17-7-5-16(6-8-17)22(13-1-2-14-22)21(27)25-19-11-9-18(10-12-19)24-20(26)15-3-4-15/h5-12,15H,1-4,13-14H2,(H,24,26)(H,25,27). The van der Waals surface area contributed by atoms with E-state index < -0.39 is 5.41 Å². The van der Waals surface area contributed by atoms with Crippen LogP contribution in [-0.2, 0) is 15.0 Å². The van der Waals surface area contributed by atoms with Gasteiger partial charge in [-0.05, 0) is 67.6 Å². The highest BCUT2D eigenvalue weighted by atomic mass is 19.1. The lowest BCUT2D eigenvalue weighted by molar-refractivity contribution is -0.121. The predicted octanol–water partition coefficient (Wildman–Crippen LogP) is 4.62. The Kier molecular flexibility index (Phi) is 4.68. The van der Waals surface area contributed by atoms with E-state index in [2.05, 4.69) is 10.6 Å². The van der Waals surface area contributed by atoms with Crippen molar-refractivity contribution >= 4 is 23.2 Å². The van der Waals surface area contributed by atoms with Gasteiger partial charge >= 0.3 is 0 Å². The van der Waals surface area contributed by atoms with Crippen LogP contribution in [0.25, 0.3) is 0 Å². The second-order valence-electron chi connectivity index (χ2n) is 7.59. The van der Waals surface area contributed by atoms with E-state index in [0.29, 0.717) is 5.69 Å². The molecule has 0 saturated heterocycles. The fourth-order valence-corrected chi connectivity index (χ4v) is 3.87. The third-order valence-electron chi connectivity index (χ3n) is 5.65. The average Bonchev–Trinajstić information content (AvgIpc) is 3.41. The van der Waals surface area contributed by atoms with E-state index in [0.717, 1.165) is 49.8 Å². The van der Waals surface area contributed by atoms with Crippen LogP contribution in [0.1, 0.15) is 44.1 Å². The summed E-state index contributed by atoms with van der Waals surface area (Å²) in [6.07, 6.45) is 5.42. The molecule has 0 aromatic heterocycles. The molecule has 0 spiro atoms. The van der Waals surface area contributed by atoms with Gasteiger partial charge in [-0.1, -0.05) is 25.0 Å². The van der Waals surface area contributed by atoms with Crippen LogP contribution in [0.4, 0.5) is 15.8 Å². The number of carbonyl (C=O) groups is 2. The molecule has 2 aliphatic rings. The molecule has 2 aromatic carbocycles. The fourth-order valence-electron chi connectivity index (χ4n) is 3.87. The molecule has 5 heteroatoms. The summed E-state index contributed by atoms with van der Waals surface area (Å²) < 4.78 is 13.3. The highest BCUT2D eigenvalue weighted by Crippen LogP contribution is 2.42. The van der Waals surface area contributed by atoms with E-state index in [1.807, 2.05) is 0 Å². The van der Waals surface area contributed by atoms with E-state index in [9.17, 15) is 14.0 Å². The second-order valence-corrected chi connectivity index (χ2v) is 7.59. The third-order valence-corrected chi connectivity index (χ3v) is 5.65. The number of benzene rings is 2. The van der Waals surface area contributed by atoms with Crippen molar-refractivity contribution in [3.63, 3.8) is 0 Å². The molecule has 2 fully saturated rings. The van der Waals surface area contributed by atoms with Crippen LogP contribution in [0.5, 0.6) is 0 Å². The van der Waals surface area contributed by atoms with Crippen molar-refractivity contribution in [3.05, 3.63) is 59.9 Å². The van der Waals surface area contributed by atoms with Crippen LogP contribution in [0.2, 0.25) is 0 Å². The molecule has 27 heavy (non-hydrogen) atoms. The number of nitrogens with one attached hydrogen (secondary N) is 2. The first-order chi connectivity index (χ1) is 13.1. The Labute approximate surface area is 158 Å². The van der Waals surface area contributed by atoms with Crippen molar-refractivity contribution in [2.75, 3.05) is 10.6 Å². The fraction of sp³-hybridized carbons (Fsp3) is 0.364. The van der Waals surface area contributed by atoms with Crippen molar-refractivity contribution in [1.29, 1.82) is 0 Å². The molecule has 140 valence electrons. The molecule has 0 aliphatic heterocycles. The Hall–Kier alpha value is -2.69. The molecule has 0 unspecified atom stereocenters. The van der Waals surface area contributed by atoms with E-state index in [-0.39, 0.29) is 23.5 Å². The van der Waals surface area contributed by atoms with Gasteiger partial charge in [0.05, 0.1) is 5.41 Å². The van der Waals surface area contributed by atoms with Crippen LogP contribution in [0.3, 0.4) is 0 Å². The summed E-state index contributed by atoms with van der Waals surface area (Å²) in [5, 5.41) is 5.90. The molecule has 2 aliphatic carbocycles. The third kappa shape index (κ3) is 3.72. The van der Waals surface area contributed by atoms with Crippen molar-refractivity contribution in [1.82, 2.24) is 0 Å². The van der Waals surface area contributed by atoms with Gasteiger partial charge in [-0.25, -0.2) is 4.39 Å². The van der Waals surface area contributed by atoms with Gasteiger partial charge in [0, 0.05) is 17.3 Å². The molecule has 4 nitrogen and oxygen atoms in total. The first-order valence-electron chi connectivity index (χ1n) is 9.55. The monoisotopic (exact) mass is 366 g/mol. The Morgan fingerprint density at radius 3 is 1.96 bits per heavy atom. The van der Waals surface area contributed by atoms with Crippen LogP contribution in [0.15, 0.2) is 48.5 Å². The van der Waals surface area contributed by atoms with Crippen LogP contribution in [-0.4, -0.2) is 11.8 Å². The van der Waals surface area contributed by atoms with Crippen molar-refractivity contribution in [2.45, 2.75) is 43.9 Å². The minimum absolute atomic E-state index is 0.0543. The molecule has 2 amide bonds. The Balaban J connectivity index is 1.48. The molecular formula is C22H23FN2O2. The summed E-state index contributed by atoms with van der Waals surface area (Å²) >= 11 is 0. The normalized spacial score (nSPS) is 18.1. The number of rotatable bonds is 5. The minimum atomic E-state index is -0.605. The number of hydrogen-bond donors (Lipinski definition) is 2. The quantitative estimate of drug-likeness (QED) is 0.811. The average molecular weight is 366 g/mol. The lowest BCUT2D eigenvalue weighted by Crippen LogP contribution is -2.38. The highest BCUT2D eigenvalue weighted by molar-refractivity contribution is 6.00. The smallest absolute Gasteiger partial charge is 0.235 e.